The molecule has 1 rings (SSSR count). The van der Waals surface area contributed by atoms with E-state index >= 15 is 0 Å². The predicted molar refractivity (Wildman–Crippen MR) is 179 cm³/mol. The Morgan fingerprint density at radius 3 is 1.21 bits per heavy atom. The summed E-state index contributed by atoms with van der Waals surface area (Å²) in [5.41, 5.74) is 0. The zero-order valence-electron chi connectivity index (χ0n) is 28.3. The van der Waals surface area contributed by atoms with Crippen LogP contribution in [0.5, 0.6) is 0 Å². The van der Waals surface area contributed by atoms with E-state index in [-0.39, 0.29) is 11.5 Å². The molecule has 0 aromatic heterocycles. The van der Waals surface area contributed by atoms with E-state index in [4.69, 9.17) is 4.18 Å². The Hall–Kier alpha value is -0.440. The molecule has 0 fully saturated rings. The van der Waals surface area contributed by atoms with Crippen LogP contribution in [-0.4, -0.2) is 35.6 Å². The molecule has 0 saturated carbocycles. The minimum Gasteiger partial charge on any atom is -0.266 e. The molecule has 0 N–H and O–H groups in total. The third kappa shape index (κ3) is 11.8. The van der Waals surface area contributed by atoms with E-state index in [1.807, 2.05) is 0 Å². The number of hydrogen-bond acceptors (Lipinski definition) is 3. The maximum absolute atomic E-state index is 11.9. The molecule has 0 spiro atoms. The largest absolute Gasteiger partial charge is 0.296 e. The SMILES string of the molecule is CC(C)(C)[PH](C(C)(C)C)(C(C)(C)C)C(C)(C)C.CCCCCCCCCCCCOS(=O)(=O)c1ccccc1. The van der Waals surface area contributed by atoms with Gasteiger partial charge in [-0.25, -0.2) is 0 Å². The molecule has 39 heavy (non-hydrogen) atoms. The van der Waals surface area contributed by atoms with Gasteiger partial charge in [0.2, 0.25) is 0 Å². The van der Waals surface area contributed by atoms with E-state index in [1.165, 1.54) is 51.4 Å². The Balaban J connectivity index is 0.000000768. The summed E-state index contributed by atoms with van der Waals surface area (Å²) in [5, 5.41) is 1.62. The number of unbranched alkanes of at least 4 members (excludes halogenated alkanes) is 9. The van der Waals surface area contributed by atoms with Crippen LogP contribution in [0.1, 0.15) is 154 Å². The molecule has 232 valence electrons. The molecule has 0 bridgehead atoms. The Kier molecular flexibility index (Phi) is 16.1. The maximum Gasteiger partial charge on any atom is 0.296 e. The molecule has 0 heterocycles. The summed E-state index contributed by atoms with van der Waals surface area (Å²) in [4.78, 5) is 0.238. The molecule has 0 atom stereocenters. The molecule has 0 amide bonds. The van der Waals surface area contributed by atoms with E-state index in [9.17, 15) is 8.42 Å². The molecule has 5 heteroatoms. The van der Waals surface area contributed by atoms with Gasteiger partial charge in [-0.15, -0.1) is 0 Å². The van der Waals surface area contributed by atoms with Crippen molar-refractivity contribution in [1.82, 2.24) is 0 Å². The second-order valence-electron chi connectivity index (χ2n) is 15.5. The van der Waals surface area contributed by atoms with Gasteiger partial charge in [-0.05, 0) is 18.6 Å². The molecule has 0 radical (unpaired) electrons. The van der Waals surface area contributed by atoms with E-state index < -0.39 is 17.4 Å². The Morgan fingerprint density at radius 1 is 0.564 bits per heavy atom. The summed E-state index contributed by atoms with van der Waals surface area (Å²) in [7, 11) is -5.17. The smallest absolute Gasteiger partial charge is 0.266 e. The van der Waals surface area contributed by atoms with Gasteiger partial charge in [-0.2, -0.15) is 8.42 Å². The third-order valence-corrected chi connectivity index (χ3v) is 18.6. The first-order valence-corrected chi connectivity index (χ1v) is 19.0. The molecule has 0 saturated heterocycles. The summed E-state index contributed by atoms with van der Waals surface area (Å²) >= 11 is 0. The zero-order valence-corrected chi connectivity index (χ0v) is 30.1. The van der Waals surface area contributed by atoms with Gasteiger partial charge in [-0.3, -0.25) is 4.18 Å². The second kappa shape index (κ2) is 16.3. The van der Waals surface area contributed by atoms with Gasteiger partial charge in [0.25, 0.3) is 10.1 Å². The third-order valence-electron chi connectivity index (χ3n) is 8.27. The Morgan fingerprint density at radius 2 is 0.897 bits per heavy atom. The number of rotatable bonds is 13. The van der Waals surface area contributed by atoms with Crippen molar-refractivity contribution < 1.29 is 12.6 Å². The molecule has 1 aromatic rings. The van der Waals surface area contributed by atoms with Gasteiger partial charge in [-0.1, -0.05) is 82.9 Å². The van der Waals surface area contributed by atoms with Crippen LogP contribution >= 0.6 is 7.26 Å². The van der Waals surface area contributed by atoms with Gasteiger partial charge in [0.1, 0.15) is 0 Å². The predicted octanol–water partition coefficient (Wildman–Crippen LogP) is 11.2. The fourth-order valence-electron chi connectivity index (χ4n) is 9.16. The van der Waals surface area contributed by atoms with Gasteiger partial charge < -0.3 is 0 Å². The van der Waals surface area contributed by atoms with Crippen molar-refractivity contribution in [2.45, 2.75) is 180 Å². The summed E-state index contributed by atoms with van der Waals surface area (Å²) in [6, 6.07) is 8.33. The summed E-state index contributed by atoms with van der Waals surface area (Å²) in [6.45, 7) is 32.2. The normalized spacial score (nSPS) is 14.1. The zero-order chi connectivity index (χ0) is 30.6. The van der Waals surface area contributed by atoms with Gasteiger partial charge in [0, 0.05) is 0 Å². The molecular weight excluding hydrogens is 519 g/mol. The fraction of sp³-hybridized carbons (Fsp3) is 0.824. The first-order chi connectivity index (χ1) is 17.7. The average Bonchev–Trinajstić information content (AvgIpc) is 2.74. The minimum absolute atomic E-state index is 0.238. The van der Waals surface area contributed by atoms with Gasteiger partial charge in [0.15, 0.2) is 0 Å². The summed E-state index contributed by atoms with van der Waals surface area (Å²) in [5.74, 6) is 0. The van der Waals surface area contributed by atoms with E-state index in [0.717, 1.165) is 12.8 Å². The van der Waals surface area contributed by atoms with Crippen LogP contribution in [0.3, 0.4) is 0 Å². The van der Waals surface area contributed by atoms with Crippen LogP contribution in [0.4, 0.5) is 0 Å². The van der Waals surface area contributed by atoms with E-state index in [0.29, 0.717) is 20.6 Å². The van der Waals surface area contributed by atoms with Gasteiger partial charge >= 0.3 is 111 Å². The topological polar surface area (TPSA) is 43.4 Å². The van der Waals surface area contributed by atoms with Crippen LogP contribution < -0.4 is 0 Å². The van der Waals surface area contributed by atoms with Crippen molar-refractivity contribution in [3.63, 3.8) is 0 Å². The number of hydrogen-bond donors (Lipinski definition) is 0. The minimum atomic E-state index is -3.57. The van der Waals surface area contributed by atoms with Crippen molar-refractivity contribution in [2.75, 3.05) is 6.61 Å². The quantitative estimate of drug-likeness (QED) is 0.131. The molecule has 0 unspecified atom stereocenters. The van der Waals surface area contributed by atoms with Crippen molar-refractivity contribution in [3.05, 3.63) is 30.3 Å². The molecule has 1 aromatic carbocycles. The summed E-state index contributed by atoms with van der Waals surface area (Å²) in [6.07, 6.45) is 12.3. The van der Waals surface area contributed by atoms with Crippen molar-refractivity contribution in [3.8, 4) is 0 Å². The summed E-state index contributed by atoms with van der Waals surface area (Å²) < 4.78 is 28.8. The monoisotopic (exact) mass is 586 g/mol. The average molecular weight is 587 g/mol. The first kappa shape index (κ1) is 38.6. The van der Waals surface area contributed by atoms with Crippen LogP contribution in [0.25, 0.3) is 0 Å². The Bertz CT molecular complexity index is 818. The van der Waals surface area contributed by atoms with Crippen molar-refractivity contribution in [2.24, 2.45) is 0 Å². The van der Waals surface area contributed by atoms with Crippen LogP contribution in [0.2, 0.25) is 0 Å². The fourth-order valence-corrected chi connectivity index (χ4v) is 23.6. The second-order valence-corrected chi connectivity index (χ2v) is 24.6. The maximum atomic E-state index is 11.9. The molecular formula is C34H67O3PS. The van der Waals surface area contributed by atoms with Crippen LogP contribution in [0.15, 0.2) is 35.2 Å². The van der Waals surface area contributed by atoms with Gasteiger partial charge in [0.05, 0.1) is 11.5 Å². The van der Waals surface area contributed by atoms with Crippen molar-refractivity contribution in [1.29, 1.82) is 0 Å². The van der Waals surface area contributed by atoms with E-state index in [1.54, 1.807) is 30.3 Å². The molecule has 0 aliphatic carbocycles. The van der Waals surface area contributed by atoms with Crippen molar-refractivity contribution >= 4 is 17.4 Å². The molecule has 0 aliphatic heterocycles. The van der Waals surface area contributed by atoms with Crippen LogP contribution in [-0.2, 0) is 14.3 Å². The molecule has 0 aliphatic rings. The Labute approximate surface area is 246 Å². The number of benzene rings is 1. The molecule has 3 nitrogen and oxygen atoms in total. The first-order valence-electron chi connectivity index (χ1n) is 15.6. The van der Waals surface area contributed by atoms with E-state index in [2.05, 4.69) is 90.0 Å². The van der Waals surface area contributed by atoms with Crippen LogP contribution in [0, 0.1) is 0 Å². The standard InChI is InChI=1S/C18H30O3S.C16H37P/c1-2-3-4-5-6-7-8-9-10-14-17-21-22(19,20)18-15-12-11-13-16-18;1-13(2,3)17(14(4,5)6,15(7,8)9)16(10,11)12/h11-13,15-16H,2-10,14,17H2,1H3;17H,1-12H3.